The molecule has 0 spiro atoms. The Morgan fingerprint density at radius 2 is 1.03 bits per heavy atom. The molecule has 0 saturated heterocycles. The van der Waals surface area contributed by atoms with E-state index >= 15 is 0 Å². The summed E-state index contributed by atoms with van der Waals surface area (Å²) in [5.41, 5.74) is 7.55. The third kappa shape index (κ3) is 6.25. The second kappa shape index (κ2) is 13.5. The lowest BCUT2D eigenvalue weighted by atomic mass is 9.86. The van der Waals surface area contributed by atoms with Gasteiger partial charge in [0.05, 0.1) is 5.92 Å². The van der Waals surface area contributed by atoms with Gasteiger partial charge in [0.15, 0.2) is 11.0 Å². The van der Waals surface area contributed by atoms with Gasteiger partial charge in [-0.15, -0.1) is 0 Å². The van der Waals surface area contributed by atoms with Crippen LogP contribution in [0.1, 0.15) is 79.3 Å². The van der Waals surface area contributed by atoms with E-state index in [1.165, 1.54) is 72.5 Å². The summed E-state index contributed by atoms with van der Waals surface area (Å²) in [7, 11) is -0.453. The van der Waals surface area contributed by atoms with Gasteiger partial charge in [-0.05, 0) is 24.0 Å². The molecule has 1 aliphatic heterocycles. The predicted molar refractivity (Wildman–Crippen MR) is 168 cm³/mol. The fourth-order valence-electron chi connectivity index (χ4n) is 5.91. The first kappa shape index (κ1) is 26.4. The summed E-state index contributed by atoms with van der Waals surface area (Å²) in [5.74, 6) is 0.354. The molecule has 0 radical (unpaired) electrons. The zero-order valence-corrected chi connectivity index (χ0v) is 23.6. The van der Waals surface area contributed by atoms with Crippen molar-refractivity contribution in [3.8, 4) is 0 Å². The summed E-state index contributed by atoms with van der Waals surface area (Å²) >= 11 is 0. The lowest BCUT2D eigenvalue weighted by Crippen LogP contribution is -2.19. The van der Waals surface area contributed by atoms with Crippen molar-refractivity contribution in [1.82, 2.24) is 0 Å². The zero-order chi connectivity index (χ0) is 26.0. The second-order valence-electron chi connectivity index (χ2n) is 10.4. The fraction of sp³-hybridized carbons (Fsp3) is 0.270. The van der Waals surface area contributed by atoms with Crippen LogP contribution < -0.4 is 0 Å². The molecule has 0 amide bonds. The Kier molecular flexibility index (Phi) is 9.41. The van der Waals surface area contributed by atoms with Gasteiger partial charge in [-0.25, -0.2) is 0 Å². The van der Waals surface area contributed by atoms with Crippen molar-refractivity contribution in [3.63, 3.8) is 0 Å². The highest BCUT2D eigenvalue weighted by atomic mass is 31.1. The molecular weight excluding hydrogens is 475 g/mol. The topological polar surface area (TPSA) is 0 Å². The molecule has 0 N–H and O–H groups in total. The van der Waals surface area contributed by atoms with Gasteiger partial charge < -0.3 is 0 Å². The number of unbranched alkanes of at least 4 members (excludes halogenated alkanes) is 5. The quantitative estimate of drug-likeness (QED) is 0.138. The van der Waals surface area contributed by atoms with Gasteiger partial charge >= 0.3 is 0 Å². The largest absolute Gasteiger partial charge is 0.158 e. The van der Waals surface area contributed by atoms with E-state index in [0.717, 1.165) is 0 Å². The van der Waals surface area contributed by atoms with E-state index in [4.69, 9.17) is 0 Å². The van der Waals surface area contributed by atoms with E-state index in [1.54, 1.807) is 5.29 Å². The SMILES string of the molecule is CCCCCCCC[P+]1=C(c2ccccc2)C(c2ccccc2)=CC(c2ccccc2)C1c1ccccc1. The van der Waals surface area contributed by atoms with E-state index < -0.39 is 7.55 Å². The van der Waals surface area contributed by atoms with Crippen LogP contribution in [-0.2, 0) is 0 Å². The Morgan fingerprint density at radius 1 is 0.526 bits per heavy atom. The molecule has 4 aromatic rings. The average molecular weight is 516 g/mol. The highest BCUT2D eigenvalue weighted by Crippen LogP contribution is 2.58. The molecule has 3 atom stereocenters. The third-order valence-electron chi connectivity index (χ3n) is 7.77. The van der Waals surface area contributed by atoms with Crippen molar-refractivity contribution in [1.29, 1.82) is 0 Å². The molecule has 5 rings (SSSR count). The first-order valence-corrected chi connectivity index (χ1v) is 16.0. The van der Waals surface area contributed by atoms with Crippen LogP contribution in [0, 0.1) is 0 Å². The minimum atomic E-state index is -0.453. The van der Waals surface area contributed by atoms with Gasteiger partial charge in [0.25, 0.3) is 0 Å². The van der Waals surface area contributed by atoms with Gasteiger partial charge in [-0.3, -0.25) is 0 Å². The molecule has 0 bridgehead atoms. The van der Waals surface area contributed by atoms with Crippen molar-refractivity contribution >= 4 is 18.4 Å². The molecule has 0 nitrogen and oxygen atoms in total. The van der Waals surface area contributed by atoms with Crippen LogP contribution in [0.5, 0.6) is 0 Å². The molecule has 0 saturated carbocycles. The van der Waals surface area contributed by atoms with Crippen molar-refractivity contribution in [2.24, 2.45) is 0 Å². The predicted octanol–water partition coefficient (Wildman–Crippen LogP) is 10.7. The normalized spacial score (nSPS) is 18.3. The van der Waals surface area contributed by atoms with E-state index in [1.807, 2.05) is 0 Å². The van der Waals surface area contributed by atoms with Crippen LogP contribution in [-0.4, -0.2) is 11.5 Å². The Labute approximate surface area is 230 Å². The molecule has 0 aliphatic carbocycles. The van der Waals surface area contributed by atoms with Gasteiger partial charge in [0.1, 0.15) is 13.7 Å². The van der Waals surface area contributed by atoms with Crippen molar-refractivity contribution < 1.29 is 0 Å². The van der Waals surface area contributed by atoms with E-state index in [-0.39, 0.29) is 0 Å². The van der Waals surface area contributed by atoms with Gasteiger partial charge in [-0.1, -0.05) is 160 Å². The summed E-state index contributed by atoms with van der Waals surface area (Å²) in [6.07, 6.45) is 11.9. The third-order valence-corrected chi connectivity index (χ3v) is 10.9. The van der Waals surface area contributed by atoms with Gasteiger partial charge in [-0.2, -0.15) is 0 Å². The average Bonchev–Trinajstić information content (AvgIpc) is 3.00. The molecule has 192 valence electrons. The Bertz CT molecular complexity index is 1320. The monoisotopic (exact) mass is 515 g/mol. The van der Waals surface area contributed by atoms with Crippen molar-refractivity contribution in [2.45, 2.75) is 57.0 Å². The number of rotatable bonds is 11. The first-order chi connectivity index (χ1) is 18.9. The van der Waals surface area contributed by atoms with Crippen LogP contribution in [0.4, 0.5) is 0 Å². The molecule has 4 aromatic carbocycles. The highest BCUT2D eigenvalue weighted by Gasteiger charge is 2.42. The minimum Gasteiger partial charge on any atom is -0.0654 e. The molecule has 38 heavy (non-hydrogen) atoms. The Morgan fingerprint density at radius 3 is 1.63 bits per heavy atom. The highest BCUT2D eigenvalue weighted by molar-refractivity contribution is 7.61. The number of hydrogen-bond donors (Lipinski definition) is 0. The molecular formula is C37H40P+. The Hall–Kier alpha value is -3.21. The lowest BCUT2D eigenvalue weighted by Gasteiger charge is -2.29. The fourth-order valence-corrected chi connectivity index (χ4v) is 9.43. The molecule has 1 heterocycles. The first-order valence-electron chi connectivity index (χ1n) is 14.4. The van der Waals surface area contributed by atoms with E-state index in [2.05, 4.69) is 134 Å². The molecule has 3 unspecified atom stereocenters. The maximum absolute atomic E-state index is 2.60. The van der Waals surface area contributed by atoms with Crippen molar-refractivity contribution in [2.75, 3.05) is 6.16 Å². The maximum Gasteiger partial charge on any atom is 0.158 e. The molecule has 1 heteroatoms. The summed E-state index contributed by atoms with van der Waals surface area (Å²) in [4.78, 5) is 0. The minimum absolute atomic E-state index is 0.354. The van der Waals surface area contributed by atoms with Crippen LogP contribution in [0.25, 0.3) is 5.57 Å². The number of hydrogen-bond acceptors (Lipinski definition) is 0. The smallest absolute Gasteiger partial charge is 0.0654 e. The summed E-state index contributed by atoms with van der Waals surface area (Å²) in [6.45, 7) is 2.30. The van der Waals surface area contributed by atoms with E-state index in [9.17, 15) is 0 Å². The zero-order valence-electron chi connectivity index (χ0n) is 22.7. The van der Waals surface area contributed by atoms with Gasteiger partial charge in [0, 0.05) is 16.7 Å². The van der Waals surface area contributed by atoms with Crippen LogP contribution in [0.2, 0.25) is 0 Å². The summed E-state index contributed by atoms with van der Waals surface area (Å²) in [5, 5.41) is 1.58. The standard InChI is InChI=1S/C37H40P/c1-2-3-4-5-6-19-28-38-36(32-24-15-9-16-25-32)34(30-20-11-7-12-21-30)29-35(31-22-13-8-14-23-31)37(38)33-26-17-10-18-27-33/h7-18,20-27,29,34,36H,2-6,19,28H2,1H3/q+1. The summed E-state index contributed by atoms with van der Waals surface area (Å²) in [6, 6.07) is 45.0. The summed E-state index contributed by atoms with van der Waals surface area (Å²) < 4.78 is 0. The van der Waals surface area contributed by atoms with Crippen LogP contribution >= 0.6 is 7.55 Å². The van der Waals surface area contributed by atoms with Crippen molar-refractivity contribution in [3.05, 3.63) is 150 Å². The second-order valence-corrected chi connectivity index (χ2v) is 12.8. The lowest BCUT2D eigenvalue weighted by molar-refractivity contribution is 0.625. The van der Waals surface area contributed by atoms with E-state index in [0.29, 0.717) is 11.6 Å². The number of allylic oxidation sites excluding steroid dienone is 2. The Balaban J connectivity index is 1.68. The van der Waals surface area contributed by atoms with Gasteiger partial charge in [0.2, 0.25) is 0 Å². The molecule has 0 aromatic heterocycles. The molecule has 0 fully saturated rings. The molecule has 1 aliphatic rings. The number of benzene rings is 4. The van der Waals surface area contributed by atoms with Crippen LogP contribution in [0.3, 0.4) is 0 Å². The van der Waals surface area contributed by atoms with Crippen LogP contribution in [0.15, 0.2) is 127 Å². The maximum atomic E-state index is 2.60.